The summed E-state index contributed by atoms with van der Waals surface area (Å²) < 4.78 is 5.48. The first-order valence-corrected chi connectivity index (χ1v) is 9.13. The number of benzene rings is 1. The van der Waals surface area contributed by atoms with E-state index in [0.717, 1.165) is 12.8 Å². The molecule has 0 aliphatic carbocycles. The SMILES string of the molecule is CC(C(=O)Nc1cccc(Cl)c1)N1CCN(C(=O)C2CCCO2)CC1. The molecule has 1 aromatic rings. The highest BCUT2D eigenvalue weighted by atomic mass is 35.5. The molecule has 6 nitrogen and oxygen atoms in total. The monoisotopic (exact) mass is 365 g/mol. The zero-order valence-electron chi connectivity index (χ0n) is 14.4. The van der Waals surface area contributed by atoms with Gasteiger partial charge in [-0.25, -0.2) is 0 Å². The molecule has 2 heterocycles. The van der Waals surface area contributed by atoms with Crippen molar-refractivity contribution < 1.29 is 14.3 Å². The van der Waals surface area contributed by atoms with Crippen LogP contribution in [0.4, 0.5) is 5.69 Å². The van der Waals surface area contributed by atoms with Crippen LogP contribution in [-0.2, 0) is 14.3 Å². The Hall–Kier alpha value is -1.63. The number of carbonyl (C=O) groups is 2. The molecule has 0 saturated carbocycles. The minimum atomic E-state index is -0.268. The lowest BCUT2D eigenvalue weighted by atomic mass is 10.1. The van der Waals surface area contributed by atoms with E-state index < -0.39 is 0 Å². The van der Waals surface area contributed by atoms with Crippen molar-refractivity contribution in [3.05, 3.63) is 29.3 Å². The van der Waals surface area contributed by atoms with Crippen LogP contribution in [0.1, 0.15) is 19.8 Å². The van der Waals surface area contributed by atoms with Crippen molar-refractivity contribution >= 4 is 29.1 Å². The molecule has 2 saturated heterocycles. The van der Waals surface area contributed by atoms with Crippen molar-refractivity contribution in [2.75, 3.05) is 38.1 Å². The number of piperazine rings is 1. The van der Waals surface area contributed by atoms with Gasteiger partial charge in [-0.05, 0) is 38.0 Å². The highest BCUT2D eigenvalue weighted by molar-refractivity contribution is 6.30. The molecule has 0 radical (unpaired) electrons. The third-order valence-electron chi connectivity index (χ3n) is 4.85. The van der Waals surface area contributed by atoms with E-state index in [9.17, 15) is 9.59 Å². The van der Waals surface area contributed by atoms with Crippen molar-refractivity contribution in [3.8, 4) is 0 Å². The number of hydrogen-bond donors (Lipinski definition) is 1. The van der Waals surface area contributed by atoms with Crippen LogP contribution in [0.3, 0.4) is 0 Å². The number of nitrogens with zero attached hydrogens (tertiary/aromatic N) is 2. The van der Waals surface area contributed by atoms with Crippen LogP contribution in [0.15, 0.2) is 24.3 Å². The predicted molar refractivity (Wildman–Crippen MR) is 96.7 cm³/mol. The Labute approximate surface area is 153 Å². The Morgan fingerprint density at radius 2 is 2.04 bits per heavy atom. The van der Waals surface area contributed by atoms with Crippen molar-refractivity contribution in [1.82, 2.24) is 9.80 Å². The molecule has 136 valence electrons. The number of rotatable bonds is 4. The molecule has 2 aliphatic rings. The highest BCUT2D eigenvalue weighted by Crippen LogP contribution is 2.18. The van der Waals surface area contributed by atoms with Crippen molar-refractivity contribution in [3.63, 3.8) is 0 Å². The Bertz CT molecular complexity index is 626. The number of halogens is 1. The summed E-state index contributed by atoms with van der Waals surface area (Å²) in [5.74, 6) is 0.0225. The fraction of sp³-hybridized carbons (Fsp3) is 0.556. The van der Waals surface area contributed by atoms with E-state index in [-0.39, 0.29) is 24.0 Å². The van der Waals surface area contributed by atoms with Crippen LogP contribution in [0, 0.1) is 0 Å². The molecule has 2 amide bonds. The van der Waals surface area contributed by atoms with Crippen LogP contribution in [0.25, 0.3) is 0 Å². The van der Waals surface area contributed by atoms with Crippen LogP contribution >= 0.6 is 11.6 Å². The molecule has 0 aromatic heterocycles. The molecule has 2 unspecified atom stereocenters. The second-order valence-corrected chi connectivity index (χ2v) is 6.97. The minimum Gasteiger partial charge on any atom is -0.368 e. The molecule has 2 atom stereocenters. The molecular formula is C18H24ClN3O3. The Kier molecular flexibility index (Phi) is 5.93. The summed E-state index contributed by atoms with van der Waals surface area (Å²) in [6.45, 7) is 5.20. The molecule has 25 heavy (non-hydrogen) atoms. The molecule has 1 N–H and O–H groups in total. The molecule has 2 fully saturated rings. The summed E-state index contributed by atoms with van der Waals surface area (Å²) >= 11 is 5.95. The topological polar surface area (TPSA) is 61.9 Å². The highest BCUT2D eigenvalue weighted by Gasteiger charge is 2.32. The maximum absolute atomic E-state index is 12.5. The van der Waals surface area contributed by atoms with E-state index >= 15 is 0 Å². The lowest BCUT2D eigenvalue weighted by Crippen LogP contribution is -2.55. The first kappa shape index (κ1) is 18.2. The van der Waals surface area contributed by atoms with Gasteiger partial charge >= 0.3 is 0 Å². The Balaban J connectivity index is 1.49. The minimum absolute atomic E-state index is 0.0684. The van der Waals surface area contributed by atoms with E-state index in [1.54, 1.807) is 18.2 Å². The normalized spacial score (nSPS) is 22.6. The number of anilines is 1. The largest absolute Gasteiger partial charge is 0.368 e. The molecular weight excluding hydrogens is 342 g/mol. The third kappa shape index (κ3) is 4.51. The van der Waals surface area contributed by atoms with Gasteiger partial charge in [0.05, 0.1) is 6.04 Å². The maximum Gasteiger partial charge on any atom is 0.251 e. The number of ether oxygens (including phenoxy) is 1. The van der Waals surface area contributed by atoms with Crippen LogP contribution in [0.5, 0.6) is 0 Å². The molecule has 7 heteroatoms. The summed E-state index contributed by atoms with van der Waals surface area (Å²) in [5, 5.41) is 3.48. The first-order chi connectivity index (χ1) is 12.0. The summed E-state index contributed by atoms with van der Waals surface area (Å²) in [7, 11) is 0. The van der Waals surface area contributed by atoms with Crippen molar-refractivity contribution in [2.24, 2.45) is 0 Å². The van der Waals surface area contributed by atoms with Crippen LogP contribution in [0.2, 0.25) is 5.02 Å². The maximum atomic E-state index is 12.5. The van der Waals surface area contributed by atoms with Gasteiger partial charge in [0.15, 0.2) is 0 Å². The summed E-state index contributed by atoms with van der Waals surface area (Å²) in [5.41, 5.74) is 0.691. The van der Waals surface area contributed by atoms with Crippen LogP contribution < -0.4 is 5.32 Å². The second kappa shape index (κ2) is 8.17. The van der Waals surface area contributed by atoms with Crippen molar-refractivity contribution in [1.29, 1.82) is 0 Å². The lowest BCUT2D eigenvalue weighted by molar-refractivity contribution is -0.143. The fourth-order valence-corrected chi connectivity index (χ4v) is 3.47. The van der Waals surface area contributed by atoms with Gasteiger partial charge in [0, 0.05) is 43.5 Å². The molecule has 3 rings (SSSR count). The zero-order valence-corrected chi connectivity index (χ0v) is 15.2. The van der Waals surface area contributed by atoms with E-state index in [0.29, 0.717) is 43.5 Å². The number of amides is 2. The Morgan fingerprint density at radius 3 is 2.68 bits per heavy atom. The predicted octanol–water partition coefficient (Wildman–Crippen LogP) is 1.99. The van der Waals surface area contributed by atoms with Gasteiger partial charge in [-0.3, -0.25) is 14.5 Å². The lowest BCUT2D eigenvalue weighted by Gasteiger charge is -2.38. The standard InChI is InChI=1S/C18H24ClN3O3/c1-13(17(23)20-15-5-2-4-14(19)12-15)21-7-9-22(10-8-21)18(24)16-6-3-11-25-16/h2,4-5,12-13,16H,3,6-11H2,1H3,(H,20,23). The molecule has 2 aliphatic heterocycles. The molecule has 0 spiro atoms. The van der Waals surface area contributed by atoms with E-state index in [2.05, 4.69) is 10.2 Å². The average molecular weight is 366 g/mol. The van der Waals surface area contributed by atoms with Gasteiger partial charge in [0.1, 0.15) is 6.10 Å². The molecule has 1 aromatic carbocycles. The summed E-state index contributed by atoms with van der Waals surface area (Å²) in [6, 6.07) is 6.85. The van der Waals surface area contributed by atoms with Gasteiger partial charge in [-0.15, -0.1) is 0 Å². The van der Waals surface area contributed by atoms with E-state index in [1.807, 2.05) is 17.9 Å². The smallest absolute Gasteiger partial charge is 0.251 e. The molecule has 0 bridgehead atoms. The fourth-order valence-electron chi connectivity index (χ4n) is 3.28. The van der Waals surface area contributed by atoms with Crippen LogP contribution in [-0.4, -0.2) is 66.5 Å². The number of carbonyl (C=O) groups excluding carboxylic acids is 2. The zero-order chi connectivity index (χ0) is 17.8. The van der Waals surface area contributed by atoms with Gasteiger partial charge in [-0.2, -0.15) is 0 Å². The van der Waals surface area contributed by atoms with Gasteiger partial charge in [0.25, 0.3) is 5.91 Å². The van der Waals surface area contributed by atoms with Gasteiger partial charge < -0.3 is 15.0 Å². The first-order valence-electron chi connectivity index (χ1n) is 8.75. The van der Waals surface area contributed by atoms with Crippen molar-refractivity contribution in [2.45, 2.75) is 31.9 Å². The second-order valence-electron chi connectivity index (χ2n) is 6.54. The summed E-state index contributed by atoms with van der Waals surface area (Å²) in [4.78, 5) is 28.8. The average Bonchev–Trinajstić information content (AvgIpc) is 3.15. The summed E-state index contributed by atoms with van der Waals surface area (Å²) in [6.07, 6.45) is 1.50. The number of hydrogen-bond acceptors (Lipinski definition) is 4. The van der Waals surface area contributed by atoms with E-state index in [1.165, 1.54) is 0 Å². The van der Waals surface area contributed by atoms with Gasteiger partial charge in [0.2, 0.25) is 5.91 Å². The van der Waals surface area contributed by atoms with Gasteiger partial charge in [-0.1, -0.05) is 17.7 Å². The van der Waals surface area contributed by atoms with E-state index in [4.69, 9.17) is 16.3 Å². The quantitative estimate of drug-likeness (QED) is 0.886. The Morgan fingerprint density at radius 1 is 1.28 bits per heavy atom. The number of nitrogens with one attached hydrogen (secondary N) is 1. The third-order valence-corrected chi connectivity index (χ3v) is 5.09.